The van der Waals surface area contributed by atoms with Crippen LogP contribution in [0.15, 0.2) is 176 Å². The Labute approximate surface area is 334 Å². The van der Waals surface area contributed by atoms with Crippen LogP contribution >= 0.6 is 0 Å². The third-order valence-corrected chi connectivity index (χ3v) is 12.8. The van der Waals surface area contributed by atoms with Gasteiger partial charge < -0.3 is 9.80 Å². The summed E-state index contributed by atoms with van der Waals surface area (Å²) in [6.45, 7) is 9.39. The lowest BCUT2D eigenvalue weighted by molar-refractivity contribution is 0.443. The van der Waals surface area contributed by atoms with Gasteiger partial charge in [-0.2, -0.15) is 0 Å². The van der Waals surface area contributed by atoms with Crippen LogP contribution in [0.5, 0.6) is 0 Å². The monoisotopic (exact) mass is 728 g/mol. The van der Waals surface area contributed by atoms with Crippen LogP contribution in [0.4, 0.5) is 34.1 Å². The normalized spacial score (nSPS) is 14.9. The molecule has 9 rings (SSSR count). The molecule has 0 radical (unpaired) electrons. The van der Waals surface area contributed by atoms with Crippen molar-refractivity contribution in [3.8, 4) is 11.1 Å². The number of rotatable bonds is 9. The van der Waals surface area contributed by atoms with Crippen molar-refractivity contribution in [3.63, 3.8) is 0 Å². The fourth-order valence-electron chi connectivity index (χ4n) is 9.50. The van der Waals surface area contributed by atoms with Gasteiger partial charge in [-0.05, 0) is 119 Å². The summed E-state index contributed by atoms with van der Waals surface area (Å²) in [5, 5.41) is 0. The second-order valence-electron chi connectivity index (χ2n) is 16.9. The van der Waals surface area contributed by atoms with E-state index in [2.05, 4.69) is 213 Å². The van der Waals surface area contributed by atoms with E-state index in [1.165, 1.54) is 88.1 Å². The summed E-state index contributed by atoms with van der Waals surface area (Å²) in [5.41, 5.74) is 16.2. The molecule has 56 heavy (non-hydrogen) atoms. The molecule has 7 aromatic rings. The predicted molar refractivity (Wildman–Crippen MR) is 238 cm³/mol. The molecule has 0 aromatic heterocycles. The van der Waals surface area contributed by atoms with Crippen molar-refractivity contribution >= 4 is 34.1 Å². The molecule has 2 aliphatic rings. The minimum Gasteiger partial charge on any atom is -0.311 e. The Hall–Kier alpha value is -5.86. The second kappa shape index (κ2) is 14.7. The average molecular weight is 729 g/mol. The first-order chi connectivity index (χ1) is 27.3. The summed E-state index contributed by atoms with van der Waals surface area (Å²) in [5.74, 6) is 0.698. The van der Waals surface area contributed by atoms with E-state index >= 15 is 0 Å². The zero-order chi connectivity index (χ0) is 38.3. The zero-order valence-corrected chi connectivity index (χ0v) is 33.3. The Bertz CT molecular complexity index is 2420. The van der Waals surface area contributed by atoms with Crippen LogP contribution in [0.2, 0.25) is 0 Å². The number of benzene rings is 7. The Morgan fingerprint density at radius 2 is 0.911 bits per heavy atom. The predicted octanol–water partition coefficient (Wildman–Crippen LogP) is 15.3. The number of anilines is 6. The van der Waals surface area contributed by atoms with E-state index in [4.69, 9.17) is 0 Å². The highest BCUT2D eigenvalue weighted by atomic mass is 15.1. The maximum absolute atomic E-state index is 2.43. The highest BCUT2D eigenvalue weighted by Crippen LogP contribution is 2.54. The van der Waals surface area contributed by atoms with E-state index in [0.29, 0.717) is 5.92 Å². The van der Waals surface area contributed by atoms with E-state index in [1.54, 1.807) is 0 Å². The van der Waals surface area contributed by atoms with Gasteiger partial charge in [-0.15, -0.1) is 0 Å². The smallest absolute Gasteiger partial charge is 0.0543 e. The van der Waals surface area contributed by atoms with Gasteiger partial charge in [0.05, 0.1) is 5.69 Å². The fourth-order valence-corrected chi connectivity index (χ4v) is 9.50. The molecule has 0 heterocycles. The topological polar surface area (TPSA) is 6.48 Å². The van der Waals surface area contributed by atoms with Crippen LogP contribution in [-0.2, 0) is 10.8 Å². The van der Waals surface area contributed by atoms with Crippen LogP contribution in [0.25, 0.3) is 11.1 Å². The Morgan fingerprint density at radius 1 is 0.446 bits per heavy atom. The third kappa shape index (κ3) is 6.41. The van der Waals surface area contributed by atoms with E-state index in [-0.39, 0.29) is 10.8 Å². The van der Waals surface area contributed by atoms with Gasteiger partial charge in [-0.25, -0.2) is 0 Å². The maximum atomic E-state index is 2.43. The average Bonchev–Trinajstić information content (AvgIpc) is 3.49. The molecule has 1 fully saturated rings. The van der Waals surface area contributed by atoms with Crippen LogP contribution in [-0.4, -0.2) is 0 Å². The largest absolute Gasteiger partial charge is 0.311 e. The highest BCUT2D eigenvalue weighted by Gasteiger charge is 2.37. The van der Waals surface area contributed by atoms with Crippen molar-refractivity contribution in [1.82, 2.24) is 0 Å². The first kappa shape index (κ1) is 35.8. The van der Waals surface area contributed by atoms with E-state index in [0.717, 1.165) is 17.1 Å². The van der Waals surface area contributed by atoms with Gasteiger partial charge >= 0.3 is 0 Å². The fraction of sp³-hybridized carbons (Fsp3) is 0.222. The number of para-hydroxylation sites is 2. The standard InChI is InChI=1S/C54H52N2/c1-53(2,41-29-35-46(36-30-41)55(43-19-10-6-11-20-43)45-33-27-40(28-34-45)39-17-8-5-9-18-39)42-31-37-47(38-32-42)56(44-21-12-7-13-22-44)51-26-16-25-50-52(51)48-23-14-15-24-49(48)54(50,3)4/h6-7,10-16,19-39H,5,8-9,17-18H2,1-4H3. The van der Waals surface area contributed by atoms with E-state index in [1.807, 2.05) is 0 Å². The summed E-state index contributed by atoms with van der Waals surface area (Å²) < 4.78 is 0. The van der Waals surface area contributed by atoms with E-state index < -0.39 is 0 Å². The molecule has 2 heteroatoms. The lowest BCUT2D eigenvalue weighted by Crippen LogP contribution is -2.19. The number of nitrogens with zero attached hydrogens (tertiary/aromatic N) is 2. The molecule has 0 spiro atoms. The summed E-state index contributed by atoms with van der Waals surface area (Å²) in [7, 11) is 0. The Morgan fingerprint density at radius 3 is 1.50 bits per heavy atom. The molecular weight excluding hydrogens is 677 g/mol. The molecular formula is C54H52N2. The summed E-state index contributed by atoms with van der Waals surface area (Å²) in [6.07, 6.45) is 6.71. The molecule has 2 aliphatic carbocycles. The first-order valence-electron chi connectivity index (χ1n) is 20.6. The molecule has 0 aliphatic heterocycles. The van der Waals surface area contributed by atoms with Crippen molar-refractivity contribution in [1.29, 1.82) is 0 Å². The molecule has 2 nitrogen and oxygen atoms in total. The minimum absolute atomic E-state index is 0.0645. The Balaban J connectivity index is 1.03. The molecule has 0 atom stereocenters. The second-order valence-corrected chi connectivity index (χ2v) is 16.9. The van der Waals surface area contributed by atoms with Gasteiger partial charge in [-0.3, -0.25) is 0 Å². The van der Waals surface area contributed by atoms with Crippen LogP contribution in [0, 0.1) is 0 Å². The van der Waals surface area contributed by atoms with Crippen molar-refractivity contribution in [2.45, 2.75) is 76.5 Å². The van der Waals surface area contributed by atoms with Gasteiger partial charge in [0.25, 0.3) is 0 Å². The van der Waals surface area contributed by atoms with Crippen molar-refractivity contribution in [2.24, 2.45) is 0 Å². The van der Waals surface area contributed by atoms with Crippen LogP contribution in [0.1, 0.15) is 93.5 Å². The molecule has 278 valence electrons. The first-order valence-corrected chi connectivity index (χ1v) is 20.6. The van der Waals surface area contributed by atoms with Gasteiger partial charge in [0, 0.05) is 44.8 Å². The molecule has 0 amide bonds. The van der Waals surface area contributed by atoms with E-state index in [9.17, 15) is 0 Å². The highest BCUT2D eigenvalue weighted by molar-refractivity contribution is 5.95. The van der Waals surface area contributed by atoms with Crippen molar-refractivity contribution in [2.75, 3.05) is 9.80 Å². The Kier molecular flexibility index (Phi) is 9.38. The van der Waals surface area contributed by atoms with Crippen molar-refractivity contribution in [3.05, 3.63) is 204 Å². The zero-order valence-electron chi connectivity index (χ0n) is 33.3. The minimum atomic E-state index is -0.204. The van der Waals surface area contributed by atoms with Gasteiger partial charge in [0.2, 0.25) is 0 Å². The summed E-state index contributed by atoms with van der Waals surface area (Å²) in [6, 6.07) is 65.2. The molecule has 0 N–H and O–H groups in total. The van der Waals surface area contributed by atoms with Crippen LogP contribution in [0.3, 0.4) is 0 Å². The third-order valence-electron chi connectivity index (χ3n) is 12.8. The lowest BCUT2D eigenvalue weighted by atomic mass is 9.78. The summed E-state index contributed by atoms with van der Waals surface area (Å²) in [4.78, 5) is 4.82. The molecule has 1 saturated carbocycles. The lowest BCUT2D eigenvalue weighted by Gasteiger charge is -2.31. The quantitative estimate of drug-likeness (QED) is 0.146. The van der Waals surface area contributed by atoms with Gasteiger partial charge in [-0.1, -0.05) is 156 Å². The molecule has 0 unspecified atom stereocenters. The maximum Gasteiger partial charge on any atom is 0.0543 e. The molecule has 0 bridgehead atoms. The van der Waals surface area contributed by atoms with Gasteiger partial charge in [0.15, 0.2) is 0 Å². The number of hydrogen-bond acceptors (Lipinski definition) is 2. The summed E-state index contributed by atoms with van der Waals surface area (Å²) >= 11 is 0. The molecule has 0 saturated heterocycles. The SMILES string of the molecule is CC(C)(c1ccc(N(c2ccccc2)c2ccc(C3CCCCC3)cc2)cc1)c1ccc(N(c2ccccc2)c2cccc3c2-c2ccccc2C3(C)C)cc1. The van der Waals surface area contributed by atoms with Crippen molar-refractivity contribution < 1.29 is 0 Å². The number of hydrogen-bond donors (Lipinski definition) is 0. The number of fused-ring (bicyclic) bond motifs is 3. The van der Waals surface area contributed by atoms with Gasteiger partial charge in [0.1, 0.15) is 0 Å². The van der Waals surface area contributed by atoms with Crippen LogP contribution < -0.4 is 9.80 Å². The molecule has 7 aromatic carbocycles.